The highest BCUT2D eigenvalue weighted by molar-refractivity contribution is 5.98. The molecule has 1 aliphatic rings. The third kappa shape index (κ3) is 3.14. The fourth-order valence-corrected chi connectivity index (χ4v) is 2.52. The molecule has 108 valence electrons. The van der Waals surface area contributed by atoms with Crippen LogP contribution in [0.1, 0.15) is 41.6 Å². The molecule has 0 heterocycles. The largest absolute Gasteiger partial charge is 0.391 e. The van der Waals surface area contributed by atoms with E-state index in [0.717, 1.165) is 18.4 Å². The maximum atomic E-state index is 12.2. The highest BCUT2D eigenvalue weighted by Crippen LogP contribution is 2.22. The molecule has 2 N–H and O–H groups in total. The molecule has 0 aromatic heterocycles. The Morgan fingerprint density at radius 1 is 1.40 bits per heavy atom. The summed E-state index contributed by atoms with van der Waals surface area (Å²) >= 11 is 0. The van der Waals surface area contributed by atoms with Gasteiger partial charge in [0.2, 0.25) is 0 Å². The molecule has 0 unspecified atom stereocenters. The highest BCUT2D eigenvalue weighted by Gasteiger charge is 2.27. The van der Waals surface area contributed by atoms with Gasteiger partial charge >= 0.3 is 0 Å². The van der Waals surface area contributed by atoms with Gasteiger partial charge in [-0.2, -0.15) is 0 Å². The number of nitrogens with zero attached hydrogens (tertiary/aromatic N) is 1. The summed E-state index contributed by atoms with van der Waals surface area (Å²) in [6.45, 7) is 1.77. The molecule has 2 atom stereocenters. The molecule has 1 saturated carbocycles. The predicted molar refractivity (Wildman–Crippen MR) is 73.6 cm³/mol. The first-order valence-electron chi connectivity index (χ1n) is 6.73. The van der Waals surface area contributed by atoms with Crippen molar-refractivity contribution in [2.24, 2.45) is 0 Å². The van der Waals surface area contributed by atoms with Crippen LogP contribution in [0.4, 0.5) is 5.69 Å². The number of benzene rings is 1. The number of nitrogens with one attached hydrogen (secondary N) is 1. The number of aliphatic hydroxyl groups is 1. The molecule has 6 nitrogen and oxygen atoms in total. The van der Waals surface area contributed by atoms with Crippen LogP contribution in [-0.4, -0.2) is 28.1 Å². The van der Waals surface area contributed by atoms with E-state index in [0.29, 0.717) is 12.8 Å². The molecule has 0 spiro atoms. The number of rotatable bonds is 3. The van der Waals surface area contributed by atoms with Crippen molar-refractivity contribution in [1.29, 1.82) is 0 Å². The van der Waals surface area contributed by atoms with E-state index in [1.54, 1.807) is 13.0 Å². The van der Waals surface area contributed by atoms with E-state index in [4.69, 9.17) is 0 Å². The summed E-state index contributed by atoms with van der Waals surface area (Å²) in [5.74, 6) is -0.494. The minimum absolute atomic E-state index is 0.0489. The van der Waals surface area contributed by atoms with Gasteiger partial charge in [0.15, 0.2) is 0 Å². The third-order valence-electron chi connectivity index (χ3n) is 3.64. The molecule has 1 aliphatic carbocycles. The molecule has 20 heavy (non-hydrogen) atoms. The van der Waals surface area contributed by atoms with E-state index in [2.05, 4.69) is 5.32 Å². The molecule has 1 amide bonds. The van der Waals surface area contributed by atoms with Crippen molar-refractivity contribution in [3.8, 4) is 0 Å². The summed E-state index contributed by atoms with van der Waals surface area (Å²) in [4.78, 5) is 22.6. The standard InChI is InChI=1S/C14H18N2O4/c1-9-6-7-12(16(19)20)10(8-9)14(18)15-11-4-2-3-5-13(11)17/h6-8,11,13,17H,2-5H2,1H3,(H,15,18)/t11-,13-/m1/s1. The molecule has 6 heteroatoms. The lowest BCUT2D eigenvalue weighted by Crippen LogP contribution is -2.45. The minimum atomic E-state index is -0.573. The molecule has 1 aromatic rings. The van der Waals surface area contributed by atoms with Crippen molar-refractivity contribution in [3.63, 3.8) is 0 Å². The van der Waals surface area contributed by atoms with Crippen molar-refractivity contribution >= 4 is 11.6 Å². The van der Waals surface area contributed by atoms with Gasteiger partial charge in [-0.05, 0) is 31.4 Å². The number of amides is 1. The summed E-state index contributed by atoms with van der Waals surface area (Å²) in [6.07, 6.45) is 2.67. The summed E-state index contributed by atoms with van der Waals surface area (Å²) < 4.78 is 0. The fraction of sp³-hybridized carbons (Fsp3) is 0.500. The van der Waals surface area contributed by atoms with Gasteiger partial charge in [0.1, 0.15) is 5.56 Å². The molecule has 2 rings (SSSR count). The van der Waals surface area contributed by atoms with Crippen LogP contribution in [0.25, 0.3) is 0 Å². The Labute approximate surface area is 117 Å². The topological polar surface area (TPSA) is 92.5 Å². The van der Waals surface area contributed by atoms with Crippen LogP contribution >= 0.6 is 0 Å². The van der Waals surface area contributed by atoms with Gasteiger partial charge in [-0.25, -0.2) is 0 Å². The molecule has 1 aromatic carbocycles. The summed E-state index contributed by atoms with van der Waals surface area (Å²) in [6, 6.07) is 4.12. The number of carbonyl (C=O) groups is 1. The van der Waals surface area contributed by atoms with Crippen molar-refractivity contribution in [2.75, 3.05) is 0 Å². The predicted octanol–water partition coefficient (Wildman–Crippen LogP) is 1.94. The van der Waals surface area contributed by atoms with E-state index in [1.165, 1.54) is 12.1 Å². The van der Waals surface area contributed by atoms with Crippen molar-refractivity contribution in [3.05, 3.63) is 39.4 Å². The van der Waals surface area contributed by atoms with Crippen LogP contribution in [-0.2, 0) is 0 Å². The van der Waals surface area contributed by atoms with Gasteiger partial charge in [0.25, 0.3) is 11.6 Å². The minimum Gasteiger partial charge on any atom is -0.391 e. The van der Waals surface area contributed by atoms with E-state index in [9.17, 15) is 20.0 Å². The molecule has 0 saturated heterocycles. The second-order valence-electron chi connectivity index (χ2n) is 5.21. The van der Waals surface area contributed by atoms with E-state index in [1.807, 2.05) is 0 Å². The van der Waals surface area contributed by atoms with Crippen LogP contribution in [0.3, 0.4) is 0 Å². The molecule has 0 aliphatic heterocycles. The van der Waals surface area contributed by atoms with Crippen LogP contribution in [0.15, 0.2) is 18.2 Å². The lowest BCUT2D eigenvalue weighted by Gasteiger charge is -2.28. The van der Waals surface area contributed by atoms with Crippen LogP contribution in [0.5, 0.6) is 0 Å². The van der Waals surface area contributed by atoms with Gasteiger partial charge < -0.3 is 10.4 Å². The maximum Gasteiger partial charge on any atom is 0.282 e. The lowest BCUT2D eigenvalue weighted by atomic mass is 9.92. The Hall–Kier alpha value is -1.95. The van der Waals surface area contributed by atoms with Crippen molar-refractivity contribution < 1.29 is 14.8 Å². The van der Waals surface area contributed by atoms with Crippen LogP contribution in [0, 0.1) is 17.0 Å². The Kier molecular flexibility index (Phi) is 4.34. The number of carbonyl (C=O) groups excluding carboxylic acids is 1. The van der Waals surface area contributed by atoms with E-state index in [-0.39, 0.29) is 17.3 Å². The van der Waals surface area contributed by atoms with Gasteiger partial charge in [0, 0.05) is 6.07 Å². The molecule has 0 bridgehead atoms. The van der Waals surface area contributed by atoms with Gasteiger partial charge in [-0.3, -0.25) is 14.9 Å². The number of aryl methyl sites for hydroxylation is 1. The smallest absolute Gasteiger partial charge is 0.282 e. The Morgan fingerprint density at radius 2 is 2.10 bits per heavy atom. The number of hydrogen-bond donors (Lipinski definition) is 2. The van der Waals surface area contributed by atoms with Crippen LogP contribution in [0.2, 0.25) is 0 Å². The molecule has 1 fully saturated rings. The zero-order valence-electron chi connectivity index (χ0n) is 11.3. The van der Waals surface area contributed by atoms with Crippen molar-refractivity contribution in [2.45, 2.75) is 44.8 Å². The summed E-state index contributed by atoms with van der Waals surface area (Å²) in [5, 5.41) is 23.5. The molecular weight excluding hydrogens is 260 g/mol. The second-order valence-corrected chi connectivity index (χ2v) is 5.21. The Morgan fingerprint density at radius 3 is 2.75 bits per heavy atom. The first-order valence-corrected chi connectivity index (χ1v) is 6.73. The Bertz CT molecular complexity index is 530. The number of hydrogen-bond acceptors (Lipinski definition) is 4. The number of nitro groups is 1. The zero-order valence-corrected chi connectivity index (χ0v) is 11.3. The zero-order chi connectivity index (χ0) is 14.7. The first kappa shape index (κ1) is 14.5. The third-order valence-corrected chi connectivity index (χ3v) is 3.64. The summed E-state index contributed by atoms with van der Waals surface area (Å²) in [5.41, 5.74) is 0.621. The molecule has 0 radical (unpaired) electrons. The highest BCUT2D eigenvalue weighted by atomic mass is 16.6. The van der Waals surface area contributed by atoms with Crippen molar-refractivity contribution in [1.82, 2.24) is 5.32 Å². The lowest BCUT2D eigenvalue weighted by molar-refractivity contribution is -0.385. The van der Waals surface area contributed by atoms with Crippen LogP contribution < -0.4 is 5.32 Å². The monoisotopic (exact) mass is 278 g/mol. The SMILES string of the molecule is Cc1ccc([N+](=O)[O-])c(C(=O)N[C@@H]2CCCC[C@H]2O)c1. The first-order chi connectivity index (χ1) is 9.49. The fourth-order valence-electron chi connectivity index (χ4n) is 2.52. The number of aliphatic hydroxyl groups excluding tert-OH is 1. The number of nitro benzene ring substituents is 1. The average Bonchev–Trinajstić information content (AvgIpc) is 2.40. The van der Waals surface area contributed by atoms with E-state index >= 15 is 0 Å². The average molecular weight is 278 g/mol. The van der Waals surface area contributed by atoms with Gasteiger partial charge in [-0.1, -0.05) is 18.9 Å². The second kappa shape index (κ2) is 6.00. The Balaban J connectivity index is 2.20. The maximum absolute atomic E-state index is 12.2. The molecular formula is C14H18N2O4. The van der Waals surface area contributed by atoms with Gasteiger partial charge in [-0.15, -0.1) is 0 Å². The normalized spacial score (nSPS) is 22.3. The van der Waals surface area contributed by atoms with Gasteiger partial charge in [0.05, 0.1) is 17.1 Å². The summed E-state index contributed by atoms with van der Waals surface area (Å²) in [7, 11) is 0. The quantitative estimate of drug-likeness (QED) is 0.652. The van der Waals surface area contributed by atoms with E-state index < -0.39 is 16.9 Å².